The van der Waals surface area contributed by atoms with Crippen LogP contribution in [0.15, 0.2) is 0 Å². The Balaban J connectivity index is 4.56. The molecule has 0 fully saturated rings. The molecule has 0 heterocycles. The van der Waals surface area contributed by atoms with Gasteiger partial charge in [0.25, 0.3) is 0 Å². The van der Waals surface area contributed by atoms with Gasteiger partial charge in [0.15, 0.2) is 0 Å². The zero-order chi connectivity index (χ0) is 11.7. The molecule has 0 aliphatic heterocycles. The average Bonchev–Trinajstić information content (AvgIpc) is 2.24. The SMILES string of the molecule is CC#CCC(NCC)C(C)(CC)OCC. The summed E-state index contributed by atoms with van der Waals surface area (Å²) in [6, 6.07) is 0.319. The minimum Gasteiger partial charge on any atom is -0.374 e. The molecule has 0 aromatic rings. The van der Waals surface area contributed by atoms with E-state index in [1.165, 1.54) is 0 Å². The van der Waals surface area contributed by atoms with Crippen molar-refractivity contribution >= 4 is 0 Å². The summed E-state index contributed by atoms with van der Waals surface area (Å²) < 4.78 is 5.86. The molecule has 0 saturated carbocycles. The molecule has 0 rings (SSSR count). The van der Waals surface area contributed by atoms with Crippen LogP contribution in [0, 0.1) is 11.8 Å². The summed E-state index contributed by atoms with van der Waals surface area (Å²) in [5.41, 5.74) is -0.103. The highest BCUT2D eigenvalue weighted by atomic mass is 16.5. The Morgan fingerprint density at radius 3 is 2.40 bits per heavy atom. The highest BCUT2D eigenvalue weighted by Gasteiger charge is 2.31. The summed E-state index contributed by atoms with van der Waals surface area (Å²) in [5, 5.41) is 3.47. The number of rotatable bonds is 7. The van der Waals surface area contributed by atoms with Gasteiger partial charge in [0.2, 0.25) is 0 Å². The molecule has 0 spiro atoms. The maximum Gasteiger partial charge on any atom is 0.0813 e. The van der Waals surface area contributed by atoms with Crippen LogP contribution in [0.5, 0.6) is 0 Å². The topological polar surface area (TPSA) is 21.3 Å². The van der Waals surface area contributed by atoms with Gasteiger partial charge in [-0.15, -0.1) is 11.8 Å². The quantitative estimate of drug-likeness (QED) is 0.654. The molecule has 1 N–H and O–H groups in total. The highest BCUT2D eigenvalue weighted by molar-refractivity contribution is 5.02. The number of hydrogen-bond acceptors (Lipinski definition) is 2. The molecule has 0 radical (unpaired) electrons. The summed E-state index contributed by atoms with van der Waals surface area (Å²) in [7, 11) is 0. The van der Waals surface area contributed by atoms with Crippen LogP contribution in [0.2, 0.25) is 0 Å². The lowest BCUT2D eigenvalue weighted by Crippen LogP contribution is -2.50. The van der Waals surface area contributed by atoms with E-state index in [1.807, 2.05) is 13.8 Å². The van der Waals surface area contributed by atoms with E-state index in [4.69, 9.17) is 4.74 Å². The Morgan fingerprint density at radius 2 is 2.00 bits per heavy atom. The number of likely N-dealkylation sites (N-methyl/N-ethyl adjacent to an activating group) is 1. The van der Waals surface area contributed by atoms with Crippen molar-refractivity contribution in [2.45, 2.75) is 59.1 Å². The third-order valence-electron chi connectivity index (χ3n) is 2.85. The van der Waals surface area contributed by atoms with Gasteiger partial charge in [-0.2, -0.15) is 0 Å². The van der Waals surface area contributed by atoms with E-state index < -0.39 is 0 Å². The van der Waals surface area contributed by atoms with E-state index in [0.717, 1.165) is 26.0 Å². The zero-order valence-corrected chi connectivity index (χ0v) is 10.8. The Labute approximate surface area is 94.8 Å². The molecular weight excluding hydrogens is 186 g/mol. The van der Waals surface area contributed by atoms with Crippen LogP contribution < -0.4 is 5.32 Å². The van der Waals surface area contributed by atoms with Gasteiger partial charge in [0.05, 0.1) is 5.60 Å². The largest absolute Gasteiger partial charge is 0.374 e. The van der Waals surface area contributed by atoms with Crippen molar-refractivity contribution in [1.82, 2.24) is 5.32 Å². The van der Waals surface area contributed by atoms with Gasteiger partial charge in [-0.1, -0.05) is 13.8 Å². The zero-order valence-electron chi connectivity index (χ0n) is 10.8. The number of hydrogen-bond donors (Lipinski definition) is 1. The van der Waals surface area contributed by atoms with Crippen LogP contribution in [0.4, 0.5) is 0 Å². The minimum atomic E-state index is -0.103. The van der Waals surface area contributed by atoms with E-state index >= 15 is 0 Å². The molecule has 0 saturated heterocycles. The summed E-state index contributed by atoms with van der Waals surface area (Å²) in [5.74, 6) is 6.09. The van der Waals surface area contributed by atoms with Crippen LogP contribution in [-0.2, 0) is 4.74 Å². The normalized spacial score (nSPS) is 16.3. The van der Waals surface area contributed by atoms with Crippen molar-refractivity contribution in [2.24, 2.45) is 0 Å². The lowest BCUT2D eigenvalue weighted by molar-refractivity contribution is -0.0536. The van der Waals surface area contributed by atoms with Crippen LogP contribution in [0.1, 0.15) is 47.5 Å². The molecular formula is C13H25NO. The van der Waals surface area contributed by atoms with E-state index in [0.29, 0.717) is 6.04 Å². The standard InChI is InChI=1S/C13H25NO/c1-6-10-11-12(14-8-3)13(5,7-2)15-9-4/h12,14H,7-9,11H2,1-5H3. The summed E-state index contributed by atoms with van der Waals surface area (Å²) in [6.45, 7) is 12.1. The van der Waals surface area contributed by atoms with Crippen molar-refractivity contribution in [2.75, 3.05) is 13.2 Å². The molecule has 2 nitrogen and oxygen atoms in total. The molecule has 0 aliphatic carbocycles. The first-order valence-electron chi connectivity index (χ1n) is 5.91. The summed E-state index contributed by atoms with van der Waals surface area (Å²) in [4.78, 5) is 0. The second-order valence-corrected chi connectivity index (χ2v) is 3.84. The fourth-order valence-electron chi connectivity index (χ4n) is 1.73. The molecule has 0 aromatic carbocycles. The Morgan fingerprint density at radius 1 is 1.33 bits per heavy atom. The van der Waals surface area contributed by atoms with Crippen molar-refractivity contribution in [3.63, 3.8) is 0 Å². The van der Waals surface area contributed by atoms with Gasteiger partial charge in [-0.3, -0.25) is 0 Å². The smallest absolute Gasteiger partial charge is 0.0813 e. The van der Waals surface area contributed by atoms with Crippen LogP contribution in [0.25, 0.3) is 0 Å². The van der Waals surface area contributed by atoms with Gasteiger partial charge in [-0.05, 0) is 33.7 Å². The van der Waals surface area contributed by atoms with Gasteiger partial charge in [0, 0.05) is 19.1 Å². The van der Waals surface area contributed by atoms with Gasteiger partial charge in [0.1, 0.15) is 0 Å². The van der Waals surface area contributed by atoms with Crippen molar-refractivity contribution in [3.8, 4) is 11.8 Å². The first-order valence-corrected chi connectivity index (χ1v) is 5.91. The molecule has 0 amide bonds. The third kappa shape index (κ3) is 4.68. The Hall–Kier alpha value is -0.520. The fraction of sp³-hybridized carbons (Fsp3) is 0.846. The van der Waals surface area contributed by atoms with E-state index in [2.05, 4.69) is 37.9 Å². The predicted octanol–water partition coefficient (Wildman–Crippen LogP) is 2.58. The number of ether oxygens (including phenoxy) is 1. The highest BCUT2D eigenvalue weighted by Crippen LogP contribution is 2.22. The maximum absolute atomic E-state index is 5.86. The third-order valence-corrected chi connectivity index (χ3v) is 2.85. The Kier molecular flexibility index (Phi) is 7.46. The van der Waals surface area contributed by atoms with Crippen molar-refractivity contribution in [3.05, 3.63) is 0 Å². The minimum absolute atomic E-state index is 0.103. The molecule has 0 bridgehead atoms. The van der Waals surface area contributed by atoms with Gasteiger partial charge >= 0.3 is 0 Å². The first kappa shape index (κ1) is 14.5. The average molecular weight is 211 g/mol. The molecule has 15 heavy (non-hydrogen) atoms. The van der Waals surface area contributed by atoms with Gasteiger partial charge < -0.3 is 10.1 Å². The second-order valence-electron chi connectivity index (χ2n) is 3.84. The molecule has 2 heteroatoms. The number of nitrogens with one attached hydrogen (secondary N) is 1. The van der Waals surface area contributed by atoms with E-state index in [1.54, 1.807) is 0 Å². The summed E-state index contributed by atoms with van der Waals surface area (Å²) >= 11 is 0. The first-order chi connectivity index (χ1) is 7.14. The lowest BCUT2D eigenvalue weighted by Gasteiger charge is -2.36. The van der Waals surface area contributed by atoms with E-state index in [-0.39, 0.29) is 5.60 Å². The maximum atomic E-state index is 5.86. The molecule has 0 aromatic heterocycles. The molecule has 2 unspecified atom stereocenters. The van der Waals surface area contributed by atoms with E-state index in [9.17, 15) is 0 Å². The van der Waals surface area contributed by atoms with Crippen molar-refractivity contribution < 1.29 is 4.74 Å². The second kappa shape index (κ2) is 7.73. The van der Waals surface area contributed by atoms with Crippen LogP contribution in [0.3, 0.4) is 0 Å². The molecule has 2 atom stereocenters. The fourth-order valence-corrected chi connectivity index (χ4v) is 1.73. The van der Waals surface area contributed by atoms with Crippen LogP contribution in [-0.4, -0.2) is 24.8 Å². The van der Waals surface area contributed by atoms with Gasteiger partial charge in [-0.25, -0.2) is 0 Å². The lowest BCUT2D eigenvalue weighted by atomic mass is 9.90. The summed E-state index contributed by atoms with van der Waals surface area (Å²) in [6.07, 6.45) is 1.86. The van der Waals surface area contributed by atoms with Crippen LogP contribution >= 0.6 is 0 Å². The molecule has 88 valence electrons. The Bertz CT molecular complexity index is 216. The predicted molar refractivity (Wildman–Crippen MR) is 65.9 cm³/mol. The monoisotopic (exact) mass is 211 g/mol. The molecule has 0 aliphatic rings. The van der Waals surface area contributed by atoms with Crippen molar-refractivity contribution in [1.29, 1.82) is 0 Å².